The lowest BCUT2D eigenvalue weighted by atomic mass is 9.94. The molecular weight excluding hydrogens is 315 g/mol. The Morgan fingerprint density at radius 2 is 1.62 bits per heavy atom. The fourth-order valence-corrected chi connectivity index (χ4v) is 3.19. The highest BCUT2D eigenvalue weighted by molar-refractivity contribution is 5.94. The van der Waals surface area contributed by atoms with E-state index in [0.29, 0.717) is 13.1 Å². The van der Waals surface area contributed by atoms with E-state index in [1.165, 1.54) is 23.1 Å². The molecule has 0 bridgehead atoms. The largest absolute Gasteiger partial charge is 0.338 e. The number of carbonyl (C=O) groups excluding carboxylic acids is 1. The molecule has 1 unspecified atom stereocenters. The van der Waals surface area contributed by atoms with Gasteiger partial charge in [-0.15, -0.1) is 0 Å². The Balaban J connectivity index is 1.84. The van der Waals surface area contributed by atoms with Crippen LogP contribution in [0.25, 0.3) is 0 Å². The maximum absolute atomic E-state index is 13.9. The summed E-state index contributed by atoms with van der Waals surface area (Å²) in [5.74, 6) is -2.59. The van der Waals surface area contributed by atoms with Crippen LogP contribution >= 0.6 is 0 Å². The lowest BCUT2D eigenvalue weighted by molar-refractivity contribution is 0.0744. The molecule has 3 rings (SSSR count). The van der Waals surface area contributed by atoms with Crippen molar-refractivity contribution in [3.63, 3.8) is 0 Å². The topological polar surface area (TPSA) is 20.3 Å². The van der Waals surface area contributed by atoms with Crippen LogP contribution in [0, 0.1) is 17.5 Å². The van der Waals surface area contributed by atoms with Crippen molar-refractivity contribution in [1.29, 1.82) is 0 Å². The van der Waals surface area contributed by atoms with Crippen molar-refractivity contribution in [2.45, 2.75) is 25.2 Å². The number of hydrogen-bond acceptors (Lipinski definition) is 1. The van der Waals surface area contributed by atoms with Crippen molar-refractivity contribution in [1.82, 2.24) is 4.90 Å². The first-order valence-electron chi connectivity index (χ1n) is 8.05. The zero-order valence-electron chi connectivity index (χ0n) is 13.1. The van der Waals surface area contributed by atoms with E-state index in [4.69, 9.17) is 0 Å². The molecule has 24 heavy (non-hydrogen) atoms. The van der Waals surface area contributed by atoms with E-state index in [1.807, 2.05) is 0 Å². The van der Waals surface area contributed by atoms with Gasteiger partial charge in [-0.05, 0) is 42.7 Å². The molecule has 1 heterocycles. The summed E-state index contributed by atoms with van der Waals surface area (Å²) in [7, 11) is 0. The second-order valence-electron chi connectivity index (χ2n) is 6.09. The van der Waals surface area contributed by atoms with Gasteiger partial charge in [0, 0.05) is 19.0 Å². The number of benzene rings is 2. The Labute approximate surface area is 138 Å². The van der Waals surface area contributed by atoms with Gasteiger partial charge in [-0.2, -0.15) is 0 Å². The van der Waals surface area contributed by atoms with Crippen molar-refractivity contribution in [2.24, 2.45) is 0 Å². The van der Waals surface area contributed by atoms with E-state index >= 15 is 0 Å². The molecular formula is C19H18F3NO. The van der Waals surface area contributed by atoms with Crippen molar-refractivity contribution in [3.05, 3.63) is 71.0 Å². The Kier molecular flexibility index (Phi) is 4.88. The predicted octanol–water partition coefficient (Wildman–Crippen LogP) is 4.51. The van der Waals surface area contributed by atoms with Gasteiger partial charge in [0.25, 0.3) is 5.91 Å². The first-order chi connectivity index (χ1) is 11.6. The van der Waals surface area contributed by atoms with Gasteiger partial charge >= 0.3 is 0 Å². The van der Waals surface area contributed by atoms with Gasteiger partial charge in [-0.1, -0.05) is 24.6 Å². The Bertz CT molecular complexity index is 710. The van der Waals surface area contributed by atoms with Gasteiger partial charge in [-0.25, -0.2) is 13.2 Å². The van der Waals surface area contributed by atoms with Gasteiger partial charge in [-0.3, -0.25) is 4.79 Å². The van der Waals surface area contributed by atoms with Crippen molar-refractivity contribution >= 4 is 5.91 Å². The molecule has 1 saturated heterocycles. The standard InChI is InChI=1S/C19H18F3NO/c20-15-9-7-13(8-10-15)14-4-1-2-11-23(12-14)19(24)18-16(21)5-3-6-17(18)22/h3,5-10,14H,1-2,4,11-12H2. The molecule has 1 fully saturated rings. The molecule has 0 aliphatic carbocycles. The van der Waals surface area contributed by atoms with Gasteiger partial charge < -0.3 is 4.90 Å². The summed E-state index contributed by atoms with van der Waals surface area (Å²) in [5.41, 5.74) is 0.433. The van der Waals surface area contributed by atoms with E-state index in [-0.39, 0.29) is 11.7 Å². The molecule has 1 amide bonds. The van der Waals surface area contributed by atoms with Crippen LogP contribution < -0.4 is 0 Å². The van der Waals surface area contributed by atoms with E-state index < -0.39 is 23.1 Å². The molecule has 0 N–H and O–H groups in total. The normalized spacial score (nSPS) is 18.3. The number of hydrogen-bond donors (Lipinski definition) is 0. The van der Waals surface area contributed by atoms with E-state index in [0.717, 1.165) is 37.0 Å². The molecule has 2 nitrogen and oxygen atoms in total. The molecule has 0 radical (unpaired) electrons. The van der Waals surface area contributed by atoms with Crippen molar-refractivity contribution in [2.75, 3.05) is 13.1 Å². The highest BCUT2D eigenvalue weighted by Gasteiger charge is 2.27. The summed E-state index contributed by atoms with van der Waals surface area (Å²) in [5, 5.41) is 0. The summed E-state index contributed by atoms with van der Waals surface area (Å²) in [6.45, 7) is 0.836. The van der Waals surface area contributed by atoms with Crippen molar-refractivity contribution in [3.8, 4) is 0 Å². The van der Waals surface area contributed by atoms with E-state index in [1.54, 1.807) is 12.1 Å². The second-order valence-corrected chi connectivity index (χ2v) is 6.09. The lowest BCUT2D eigenvalue weighted by Gasteiger charge is -2.25. The third kappa shape index (κ3) is 3.45. The highest BCUT2D eigenvalue weighted by atomic mass is 19.1. The third-order valence-electron chi connectivity index (χ3n) is 4.48. The summed E-state index contributed by atoms with van der Waals surface area (Å²) in [6, 6.07) is 9.61. The third-order valence-corrected chi connectivity index (χ3v) is 4.48. The predicted molar refractivity (Wildman–Crippen MR) is 85.3 cm³/mol. The van der Waals surface area contributed by atoms with E-state index in [2.05, 4.69) is 0 Å². The Hall–Kier alpha value is -2.30. The summed E-state index contributed by atoms with van der Waals surface area (Å²) < 4.78 is 40.9. The summed E-state index contributed by atoms with van der Waals surface area (Å²) >= 11 is 0. The van der Waals surface area contributed by atoms with Crippen LogP contribution in [0.3, 0.4) is 0 Å². The summed E-state index contributed by atoms with van der Waals surface area (Å²) in [4.78, 5) is 14.1. The SMILES string of the molecule is O=C(c1c(F)cccc1F)N1CCCCC(c2ccc(F)cc2)C1. The molecule has 0 aromatic heterocycles. The average molecular weight is 333 g/mol. The van der Waals surface area contributed by atoms with E-state index in [9.17, 15) is 18.0 Å². The number of rotatable bonds is 2. The number of likely N-dealkylation sites (tertiary alicyclic amines) is 1. The summed E-state index contributed by atoms with van der Waals surface area (Å²) in [6.07, 6.45) is 2.54. The molecule has 1 aliphatic rings. The fourth-order valence-electron chi connectivity index (χ4n) is 3.19. The molecule has 1 atom stereocenters. The smallest absolute Gasteiger partial charge is 0.259 e. The fraction of sp³-hybridized carbons (Fsp3) is 0.316. The van der Waals surface area contributed by atoms with Crippen molar-refractivity contribution < 1.29 is 18.0 Å². The quantitative estimate of drug-likeness (QED) is 0.792. The molecule has 5 heteroatoms. The zero-order chi connectivity index (χ0) is 17.1. The molecule has 0 saturated carbocycles. The van der Waals surface area contributed by atoms with Crippen LogP contribution in [0.15, 0.2) is 42.5 Å². The van der Waals surface area contributed by atoms with Crippen LogP contribution in [0.4, 0.5) is 13.2 Å². The number of amides is 1. The minimum atomic E-state index is -0.845. The molecule has 2 aromatic rings. The maximum Gasteiger partial charge on any atom is 0.259 e. The van der Waals surface area contributed by atoms with Gasteiger partial charge in [0.05, 0.1) is 0 Å². The van der Waals surface area contributed by atoms with Crippen LogP contribution in [-0.2, 0) is 0 Å². The maximum atomic E-state index is 13.9. The molecule has 0 spiro atoms. The number of halogens is 3. The van der Waals surface area contributed by atoms with Crippen LogP contribution in [0.5, 0.6) is 0 Å². The van der Waals surface area contributed by atoms with Crippen LogP contribution in [0.1, 0.15) is 41.1 Å². The zero-order valence-corrected chi connectivity index (χ0v) is 13.1. The first kappa shape index (κ1) is 16.6. The first-order valence-corrected chi connectivity index (χ1v) is 8.05. The molecule has 2 aromatic carbocycles. The highest BCUT2D eigenvalue weighted by Crippen LogP contribution is 2.28. The minimum Gasteiger partial charge on any atom is -0.338 e. The molecule has 126 valence electrons. The van der Waals surface area contributed by atoms with Crippen LogP contribution in [-0.4, -0.2) is 23.9 Å². The minimum absolute atomic E-state index is 0.0342. The number of nitrogens with zero attached hydrogens (tertiary/aromatic N) is 1. The van der Waals surface area contributed by atoms with Crippen LogP contribution in [0.2, 0.25) is 0 Å². The van der Waals surface area contributed by atoms with Gasteiger partial charge in [0.15, 0.2) is 0 Å². The Morgan fingerprint density at radius 1 is 0.958 bits per heavy atom. The Morgan fingerprint density at radius 3 is 2.29 bits per heavy atom. The van der Waals surface area contributed by atoms with Gasteiger partial charge in [0.1, 0.15) is 23.0 Å². The average Bonchev–Trinajstić information content (AvgIpc) is 2.81. The van der Waals surface area contributed by atoms with Gasteiger partial charge in [0.2, 0.25) is 0 Å². The second kappa shape index (κ2) is 7.07. The monoisotopic (exact) mass is 333 g/mol. The number of carbonyl (C=O) groups is 1. The lowest BCUT2D eigenvalue weighted by Crippen LogP contribution is -2.35. The molecule has 1 aliphatic heterocycles.